The van der Waals surface area contributed by atoms with Gasteiger partial charge in [0.1, 0.15) is 0 Å². The van der Waals surface area contributed by atoms with Gasteiger partial charge < -0.3 is 10.5 Å². The van der Waals surface area contributed by atoms with Gasteiger partial charge in [-0.05, 0) is 46.2 Å². The Bertz CT molecular complexity index is 649. The number of ether oxygens (including phenoxy) is 1. The van der Waals surface area contributed by atoms with Gasteiger partial charge in [-0.25, -0.2) is 0 Å². The maximum Gasteiger partial charge on any atom is 0.264 e. The summed E-state index contributed by atoms with van der Waals surface area (Å²) in [6, 6.07) is 4.70. The zero-order chi connectivity index (χ0) is 15.6. The van der Waals surface area contributed by atoms with Crippen molar-refractivity contribution < 1.29 is 14.3 Å². The average molecular weight is 288 g/mol. The number of rotatable bonds is 1. The molecule has 1 saturated heterocycles. The first-order chi connectivity index (χ1) is 9.64. The molecule has 1 unspecified atom stereocenters. The maximum atomic E-state index is 12.7. The zero-order valence-electron chi connectivity index (χ0n) is 12.8. The second-order valence-corrected chi connectivity index (χ2v) is 6.94. The van der Waals surface area contributed by atoms with Crippen LogP contribution in [0, 0.1) is 0 Å². The normalized spacial score (nSPS) is 26.3. The lowest BCUT2D eigenvalue weighted by Crippen LogP contribution is -2.49. The molecule has 0 bridgehead atoms. The Hall–Kier alpha value is -1.88. The fourth-order valence-electron chi connectivity index (χ4n) is 3.55. The highest BCUT2D eigenvalue weighted by Crippen LogP contribution is 2.43. The van der Waals surface area contributed by atoms with Crippen LogP contribution >= 0.6 is 0 Å². The van der Waals surface area contributed by atoms with E-state index in [1.165, 1.54) is 4.90 Å². The van der Waals surface area contributed by atoms with E-state index in [1.807, 2.05) is 27.7 Å². The van der Waals surface area contributed by atoms with Crippen LogP contribution in [0.1, 0.15) is 54.8 Å². The largest absolute Gasteiger partial charge is 0.398 e. The average Bonchev–Trinajstić information content (AvgIpc) is 2.71. The van der Waals surface area contributed by atoms with Crippen molar-refractivity contribution in [2.45, 2.75) is 51.4 Å². The van der Waals surface area contributed by atoms with Crippen LogP contribution in [0.15, 0.2) is 18.2 Å². The van der Waals surface area contributed by atoms with E-state index in [1.54, 1.807) is 18.2 Å². The maximum absolute atomic E-state index is 12.7. The second-order valence-electron chi connectivity index (χ2n) is 6.94. The van der Waals surface area contributed by atoms with Gasteiger partial charge in [-0.15, -0.1) is 0 Å². The quantitative estimate of drug-likeness (QED) is 0.635. The van der Waals surface area contributed by atoms with E-state index < -0.39 is 5.60 Å². The van der Waals surface area contributed by atoms with Crippen LogP contribution in [0.5, 0.6) is 0 Å². The van der Waals surface area contributed by atoms with Gasteiger partial charge in [0.25, 0.3) is 11.8 Å². The molecule has 3 rings (SSSR count). The highest BCUT2D eigenvalue weighted by Gasteiger charge is 2.54. The lowest BCUT2D eigenvalue weighted by atomic mass is 9.93. The minimum atomic E-state index is -0.578. The van der Waals surface area contributed by atoms with Gasteiger partial charge in [0.15, 0.2) is 0 Å². The zero-order valence-corrected chi connectivity index (χ0v) is 12.8. The molecule has 21 heavy (non-hydrogen) atoms. The molecule has 1 aromatic rings. The first kappa shape index (κ1) is 14.1. The van der Waals surface area contributed by atoms with Gasteiger partial charge >= 0.3 is 0 Å². The van der Waals surface area contributed by atoms with Crippen molar-refractivity contribution in [3.8, 4) is 0 Å². The number of nitrogen functional groups attached to an aromatic ring is 1. The molecule has 0 saturated carbocycles. The number of benzene rings is 1. The molecule has 5 heteroatoms. The number of carbonyl (C=O) groups excluding carboxylic acids is 2. The first-order valence-electron chi connectivity index (χ1n) is 7.11. The molecule has 0 aliphatic carbocycles. The minimum absolute atomic E-state index is 0.276. The van der Waals surface area contributed by atoms with Crippen molar-refractivity contribution >= 4 is 17.5 Å². The molecular weight excluding hydrogens is 268 g/mol. The summed E-state index contributed by atoms with van der Waals surface area (Å²) in [7, 11) is 0. The summed E-state index contributed by atoms with van der Waals surface area (Å²) in [5.41, 5.74) is 5.99. The van der Waals surface area contributed by atoms with Crippen molar-refractivity contribution in [2.75, 3.05) is 5.73 Å². The van der Waals surface area contributed by atoms with E-state index in [0.29, 0.717) is 23.2 Å². The van der Waals surface area contributed by atoms with Gasteiger partial charge in [-0.2, -0.15) is 0 Å². The predicted molar refractivity (Wildman–Crippen MR) is 79.0 cm³/mol. The summed E-state index contributed by atoms with van der Waals surface area (Å²) in [6.07, 6.45) is 0.616. The van der Waals surface area contributed by atoms with Crippen LogP contribution < -0.4 is 5.73 Å². The lowest BCUT2D eigenvalue weighted by molar-refractivity contribution is -0.0757. The molecule has 1 aromatic carbocycles. The summed E-state index contributed by atoms with van der Waals surface area (Å²) in [5.74, 6) is -0.589. The van der Waals surface area contributed by atoms with E-state index in [-0.39, 0.29) is 23.5 Å². The molecule has 2 aliphatic heterocycles. The number of anilines is 1. The Morgan fingerprint density at radius 3 is 2.38 bits per heavy atom. The number of hydrogen-bond donors (Lipinski definition) is 1. The summed E-state index contributed by atoms with van der Waals surface area (Å²) in [5, 5.41) is 0. The molecule has 5 nitrogen and oxygen atoms in total. The molecule has 0 spiro atoms. The van der Waals surface area contributed by atoms with E-state index in [0.717, 1.165) is 0 Å². The smallest absolute Gasteiger partial charge is 0.264 e. The van der Waals surface area contributed by atoms with Crippen molar-refractivity contribution in [1.82, 2.24) is 4.90 Å². The third kappa shape index (κ3) is 1.95. The van der Waals surface area contributed by atoms with E-state index in [4.69, 9.17) is 10.5 Å². The Kier molecular flexibility index (Phi) is 2.73. The Labute approximate surface area is 124 Å². The van der Waals surface area contributed by atoms with Crippen LogP contribution in [-0.4, -0.2) is 34.0 Å². The third-order valence-corrected chi connectivity index (χ3v) is 4.32. The highest BCUT2D eigenvalue weighted by molar-refractivity contribution is 6.23. The SMILES string of the molecule is CC1(C)CC(N2C(=O)c3cccc(N)c3C2=O)C(C)(C)O1. The first-order valence-corrected chi connectivity index (χ1v) is 7.11. The molecule has 2 aliphatic rings. The van der Waals surface area contributed by atoms with Crippen LogP contribution in [-0.2, 0) is 4.74 Å². The molecule has 0 aromatic heterocycles. The van der Waals surface area contributed by atoms with E-state index in [2.05, 4.69) is 0 Å². The number of imide groups is 1. The topological polar surface area (TPSA) is 72.6 Å². The highest BCUT2D eigenvalue weighted by atomic mass is 16.5. The van der Waals surface area contributed by atoms with Crippen molar-refractivity contribution in [1.29, 1.82) is 0 Å². The van der Waals surface area contributed by atoms with Gasteiger partial charge in [0, 0.05) is 5.69 Å². The number of nitrogens with two attached hydrogens (primary N) is 1. The summed E-state index contributed by atoms with van der Waals surface area (Å²) < 4.78 is 6.01. The molecule has 2 N–H and O–H groups in total. The summed E-state index contributed by atoms with van der Waals surface area (Å²) >= 11 is 0. The third-order valence-electron chi connectivity index (χ3n) is 4.32. The molecule has 1 fully saturated rings. The Balaban J connectivity index is 2.05. The minimum Gasteiger partial charge on any atom is -0.398 e. The molecule has 0 radical (unpaired) electrons. The van der Waals surface area contributed by atoms with Gasteiger partial charge in [0.2, 0.25) is 0 Å². The van der Waals surface area contributed by atoms with Gasteiger partial charge in [-0.3, -0.25) is 14.5 Å². The molecule has 2 amide bonds. The fraction of sp³-hybridized carbons (Fsp3) is 0.500. The van der Waals surface area contributed by atoms with Crippen molar-refractivity contribution in [2.24, 2.45) is 0 Å². The number of amides is 2. The molecule has 2 heterocycles. The van der Waals surface area contributed by atoms with Gasteiger partial charge in [-0.1, -0.05) is 6.07 Å². The van der Waals surface area contributed by atoms with E-state index >= 15 is 0 Å². The monoisotopic (exact) mass is 288 g/mol. The predicted octanol–water partition coefficient (Wildman–Crippen LogP) is 2.21. The Morgan fingerprint density at radius 1 is 1.19 bits per heavy atom. The standard InChI is InChI=1S/C16H20N2O3/c1-15(2)8-11(16(3,4)21-15)18-13(19)9-6-5-7-10(17)12(9)14(18)20/h5-7,11H,8,17H2,1-4H3. The second kappa shape index (κ2) is 4.07. The fourth-order valence-corrected chi connectivity index (χ4v) is 3.55. The van der Waals surface area contributed by atoms with Crippen molar-refractivity contribution in [3.63, 3.8) is 0 Å². The number of nitrogens with zero attached hydrogens (tertiary/aromatic N) is 1. The van der Waals surface area contributed by atoms with Crippen LogP contribution in [0.2, 0.25) is 0 Å². The number of hydrogen-bond acceptors (Lipinski definition) is 4. The summed E-state index contributed by atoms with van der Waals surface area (Å²) in [6.45, 7) is 7.78. The van der Waals surface area contributed by atoms with Gasteiger partial charge in [0.05, 0.1) is 28.4 Å². The lowest BCUT2D eigenvalue weighted by Gasteiger charge is -2.32. The summed E-state index contributed by atoms with van der Waals surface area (Å²) in [4.78, 5) is 26.7. The molecular formula is C16H20N2O3. The van der Waals surface area contributed by atoms with Crippen molar-refractivity contribution in [3.05, 3.63) is 29.3 Å². The van der Waals surface area contributed by atoms with Crippen LogP contribution in [0.3, 0.4) is 0 Å². The van der Waals surface area contributed by atoms with E-state index in [9.17, 15) is 9.59 Å². The van der Waals surface area contributed by atoms with Crippen LogP contribution in [0.25, 0.3) is 0 Å². The number of fused-ring (bicyclic) bond motifs is 1. The number of carbonyl (C=O) groups is 2. The Morgan fingerprint density at radius 2 is 1.86 bits per heavy atom. The molecule has 112 valence electrons. The van der Waals surface area contributed by atoms with Crippen LogP contribution in [0.4, 0.5) is 5.69 Å². The molecule has 1 atom stereocenters.